The van der Waals surface area contributed by atoms with Crippen LogP contribution in [0.25, 0.3) is 15.7 Å². The number of hydrogen-bond acceptors (Lipinski definition) is 8. The average molecular weight is 479 g/mol. The fourth-order valence-electron chi connectivity index (χ4n) is 5.31. The first-order valence-corrected chi connectivity index (χ1v) is 12.4. The minimum Gasteiger partial charge on any atom is -0.492 e. The molecule has 1 fully saturated rings. The number of carbonyl (C=O) groups is 1. The molecule has 2 aliphatic rings. The van der Waals surface area contributed by atoms with Gasteiger partial charge in [-0.05, 0) is 49.3 Å². The number of nitrogens with zero attached hydrogens (tertiary/aromatic N) is 5. The minimum absolute atomic E-state index is 0.128. The van der Waals surface area contributed by atoms with Crippen molar-refractivity contribution in [1.29, 1.82) is 0 Å². The number of thiophene rings is 1. The van der Waals surface area contributed by atoms with Crippen molar-refractivity contribution >= 4 is 45.0 Å². The summed E-state index contributed by atoms with van der Waals surface area (Å²) in [6.07, 6.45) is 10.4. The van der Waals surface area contributed by atoms with E-state index in [1.807, 2.05) is 23.2 Å². The Kier molecular flexibility index (Phi) is 5.54. The molecule has 0 bridgehead atoms. The van der Waals surface area contributed by atoms with E-state index in [-0.39, 0.29) is 6.04 Å². The molecule has 34 heavy (non-hydrogen) atoms. The number of aromatic nitrogens is 4. The molecule has 1 saturated heterocycles. The maximum Gasteiger partial charge on any atom is 0.210 e. The van der Waals surface area contributed by atoms with E-state index in [1.54, 1.807) is 35.5 Å². The Hall–Kier alpha value is -3.24. The summed E-state index contributed by atoms with van der Waals surface area (Å²) in [5, 5.41) is 8.90. The molecule has 2 atom stereocenters. The zero-order chi connectivity index (χ0) is 23.1. The third-order valence-corrected chi connectivity index (χ3v) is 8.22. The van der Waals surface area contributed by atoms with E-state index in [0.717, 1.165) is 65.1 Å². The highest BCUT2D eigenvalue weighted by molar-refractivity contribution is 7.19. The number of aryl methyl sites for hydroxylation is 1. The maximum absolute atomic E-state index is 11.6. The molecule has 1 unspecified atom stereocenters. The lowest BCUT2D eigenvalue weighted by molar-refractivity contribution is -0.126. The van der Waals surface area contributed by atoms with Gasteiger partial charge >= 0.3 is 0 Å². The summed E-state index contributed by atoms with van der Waals surface area (Å²) < 4.78 is 13.2. The molecule has 1 aliphatic heterocycles. The molecule has 5 heterocycles. The van der Waals surface area contributed by atoms with Gasteiger partial charge in [-0.2, -0.15) is 5.10 Å². The molecular formula is C24H26N6O3S. The largest absolute Gasteiger partial charge is 0.492 e. The van der Waals surface area contributed by atoms with E-state index >= 15 is 0 Å². The van der Waals surface area contributed by atoms with Crippen LogP contribution in [0.4, 0.5) is 11.5 Å². The van der Waals surface area contributed by atoms with Crippen LogP contribution in [0.3, 0.4) is 0 Å². The van der Waals surface area contributed by atoms with Crippen molar-refractivity contribution < 1.29 is 14.3 Å². The van der Waals surface area contributed by atoms with Gasteiger partial charge in [-0.15, -0.1) is 11.3 Å². The Labute approximate surface area is 200 Å². The number of methoxy groups -OCH3 is 1. The molecule has 0 radical (unpaired) electrons. The molecule has 9 nitrogen and oxygen atoms in total. The van der Waals surface area contributed by atoms with Crippen LogP contribution < -0.4 is 10.1 Å². The van der Waals surface area contributed by atoms with E-state index in [0.29, 0.717) is 25.7 Å². The molecule has 4 aromatic rings. The first-order chi connectivity index (χ1) is 16.8. The number of fused-ring (bicyclic) bond motifs is 4. The number of carbonyl (C=O) groups excluding carboxylic acids is 1. The summed E-state index contributed by atoms with van der Waals surface area (Å²) in [6.45, 7) is 1.90. The van der Waals surface area contributed by atoms with E-state index in [4.69, 9.17) is 9.47 Å². The number of amides is 1. The second kappa shape index (κ2) is 8.84. The summed E-state index contributed by atoms with van der Waals surface area (Å²) >= 11 is 1.76. The van der Waals surface area contributed by atoms with Gasteiger partial charge in [-0.25, -0.2) is 14.5 Å². The monoisotopic (exact) mass is 478 g/mol. The molecule has 1 N–H and O–H groups in total. The van der Waals surface area contributed by atoms with Gasteiger partial charge in [0.25, 0.3) is 0 Å². The van der Waals surface area contributed by atoms with Gasteiger partial charge in [0.2, 0.25) is 6.41 Å². The van der Waals surface area contributed by atoms with E-state index in [1.165, 1.54) is 10.4 Å². The lowest BCUT2D eigenvalue weighted by atomic mass is 9.84. The van der Waals surface area contributed by atoms with Crippen molar-refractivity contribution in [2.24, 2.45) is 0 Å². The van der Waals surface area contributed by atoms with Crippen LogP contribution in [-0.4, -0.2) is 63.8 Å². The second-order valence-electron chi connectivity index (χ2n) is 8.79. The Balaban J connectivity index is 1.37. The van der Waals surface area contributed by atoms with Crippen LogP contribution in [0, 0.1) is 0 Å². The number of pyridine rings is 1. The molecule has 1 aliphatic carbocycles. The van der Waals surface area contributed by atoms with Gasteiger partial charge in [-0.1, -0.05) is 0 Å². The summed E-state index contributed by atoms with van der Waals surface area (Å²) in [4.78, 5) is 25.1. The summed E-state index contributed by atoms with van der Waals surface area (Å²) in [5.41, 5.74) is 3.06. The van der Waals surface area contributed by atoms with Crippen molar-refractivity contribution in [2.75, 3.05) is 32.2 Å². The first-order valence-electron chi connectivity index (χ1n) is 11.6. The smallest absolute Gasteiger partial charge is 0.210 e. The van der Waals surface area contributed by atoms with E-state index in [9.17, 15) is 4.79 Å². The molecule has 1 amide bonds. The lowest BCUT2D eigenvalue weighted by Gasteiger charge is -2.35. The quantitative estimate of drug-likeness (QED) is 0.422. The fraction of sp³-hybridized carbons (Fsp3) is 0.417. The third-order valence-electron chi connectivity index (χ3n) is 6.92. The number of anilines is 2. The second-order valence-corrected chi connectivity index (χ2v) is 9.82. The highest BCUT2D eigenvalue weighted by Crippen LogP contribution is 2.46. The molecule has 0 aromatic carbocycles. The third kappa shape index (κ3) is 3.57. The molecule has 10 heteroatoms. The first kappa shape index (κ1) is 21.3. The number of morpholine rings is 1. The van der Waals surface area contributed by atoms with Crippen molar-refractivity contribution in [3.63, 3.8) is 0 Å². The Morgan fingerprint density at radius 2 is 2.29 bits per heavy atom. The molecule has 0 spiro atoms. The summed E-state index contributed by atoms with van der Waals surface area (Å²) in [6, 6.07) is 4.00. The molecule has 6 rings (SSSR count). The minimum atomic E-state index is 0.128. The van der Waals surface area contributed by atoms with Crippen LogP contribution >= 0.6 is 11.3 Å². The van der Waals surface area contributed by atoms with Gasteiger partial charge in [0.05, 0.1) is 43.6 Å². The van der Waals surface area contributed by atoms with Gasteiger partial charge in [0.1, 0.15) is 22.5 Å². The predicted octanol–water partition coefficient (Wildman–Crippen LogP) is 3.76. The van der Waals surface area contributed by atoms with Crippen LogP contribution in [0.5, 0.6) is 5.75 Å². The maximum atomic E-state index is 11.6. The average Bonchev–Trinajstić information content (AvgIpc) is 3.50. The van der Waals surface area contributed by atoms with Gasteiger partial charge in [0, 0.05) is 17.6 Å². The van der Waals surface area contributed by atoms with Crippen LogP contribution in [0.2, 0.25) is 0 Å². The highest BCUT2D eigenvalue weighted by Gasteiger charge is 2.31. The molecular weight excluding hydrogens is 452 g/mol. The Morgan fingerprint density at radius 1 is 1.35 bits per heavy atom. The molecule has 0 saturated carbocycles. The summed E-state index contributed by atoms with van der Waals surface area (Å²) in [7, 11) is 1.66. The topological polar surface area (TPSA) is 93.9 Å². The number of hydrogen-bond donors (Lipinski definition) is 1. The zero-order valence-electron chi connectivity index (χ0n) is 18.9. The van der Waals surface area contributed by atoms with Gasteiger partial charge in [-0.3, -0.25) is 4.79 Å². The number of ether oxygens (including phenoxy) is 2. The Bertz CT molecular complexity index is 1350. The number of rotatable bonds is 6. The fourth-order valence-corrected chi connectivity index (χ4v) is 6.65. The molecule has 4 aromatic heterocycles. The zero-order valence-corrected chi connectivity index (χ0v) is 19.8. The van der Waals surface area contributed by atoms with Crippen molar-refractivity contribution in [3.05, 3.63) is 41.3 Å². The van der Waals surface area contributed by atoms with Crippen LogP contribution in [0.1, 0.15) is 35.6 Å². The standard InChI is InChI=1S/C24H26N6O3S/c1-32-21-18(6-8-30-19(21)5-7-27-30)28-23-20-17-4-2-3-15(22(17)34-24(20)26-13-25-23)11-16-12-33-10-9-29(16)14-31/h5-8,13-16H,2-4,9-12H2,1H3,(H,25,26,28)/t15?,16-/m1/s1. The van der Waals surface area contributed by atoms with Gasteiger partial charge in [0.15, 0.2) is 5.75 Å². The lowest BCUT2D eigenvalue weighted by Crippen LogP contribution is -2.45. The van der Waals surface area contributed by atoms with Crippen LogP contribution in [-0.2, 0) is 16.0 Å². The van der Waals surface area contributed by atoms with E-state index < -0.39 is 0 Å². The molecule has 176 valence electrons. The summed E-state index contributed by atoms with van der Waals surface area (Å²) in [5.74, 6) is 1.91. The predicted molar refractivity (Wildman–Crippen MR) is 130 cm³/mol. The van der Waals surface area contributed by atoms with Crippen LogP contribution in [0.15, 0.2) is 30.9 Å². The van der Waals surface area contributed by atoms with Crippen molar-refractivity contribution in [2.45, 2.75) is 37.6 Å². The number of nitrogens with one attached hydrogen (secondary N) is 1. The SMILES string of the molecule is COc1c(Nc2ncnc3sc4c(c23)CCCC4C[C@@H]2COCCN2C=O)ccn2nccc12. The van der Waals surface area contributed by atoms with Crippen molar-refractivity contribution in [3.8, 4) is 5.75 Å². The van der Waals surface area contributed by atoms with Crippen molar-refractivity contribution in [1.82, 2.24) is 24.5 Å². The van der Waals surface area contributed by atoms with E-state index in [2.05, 4.69) is 20.4 Å². The Morgan fingerprint density at radius 3 is 3.18 bits per heavy atom. The highest BCUT2D eigenvalue weighted by atomic mass is 32.1. The van der Waals surface area contributed by atoms with Gasteiger partial charge < -0.3 is 19.7 Å². The normalized spacial score (nSPS) is 20.4.